The Morgan fingerprint density at radius 2 is 1.91 bits per heavy atom. The Bertz CT molecular complexity index is 1470. The summed E-state index contributed by atoms with van der Waals surface area (Å²) >= 11 is 0. The van der Waals surface area contributed by atoms with Crippen molar-refractivity contribution < 1.29 is 14.3 Å². The van der Waals surface area contributed by atoms with E-state index in [1.165, 1.54) is 7.11 Å². The molecule has 0 unspecified atom stereocenters. The predicted octanol–water partition coefficient (Wildman–Crippen LogP) is 4.18. The standard InChI is InChI=1S/C25H28N6O4/c1-6-30-11-9-16(14-19(30)32)23-29-20(21-22(26)27-10-12-31(21)23)15-7-8-17(18(13-15)34-5)28-24(33)35-25(2,3)4/h7-14H,6H2,1-5H3,(H2,26,27)(H,28,33). The van der Waals surface area contributed by atoms with Crippen molar-refractivity contribution in [1.29, 1.82) is 0 Å². The van der Waals surface area contributed by atoms with E-state index in [0.29, 0.717) is 46.1 Å². The van der Waals surface area contributed by atoms with E-state index in [1.807, 2.05) is 17.4 Å². The van der Waals surface area contributed by atoms with Gasteiger partial charge in [0.05, 0.1) is 12.8 Å². The van der Waals surface area contributed by atoms with Crippen LogP contribution >= 0.6 is 0 Å². The maximum Gasteiger partial charge on any atom is 0.412 e. The summed E-state index contributed by atoms with van der Waals surface area (Å²) in [6, 6.07) is 8.64. The third kappa shape index (κ3) is 4.81. The molecule has 0 bridgehead atoms. The fraction of sp³-hybridized carbons (Fsp3) is 0.280. The lowest BCUT2D eigenvalue weighted by molar-refractivity contribution is 0.0635. The number of rotatable bonds is 5. The van der Waals surface area contributed by atoms with E-state index in [9.17, 15) is 9.59 Å². The second-order valence-corrected chi connectivity index (χ2v) is 8.90. The molecule has 0 aliphatic heterocycles. The number of pyridine rings is 1. The number of aromatic nitrogens is 4. The molecule has 0 atom stereocenters. The number of methoxy groups -OCH3 is 1. The molecule has 3 N–H and O–H groups in total. The summed E-state index contributed by atoms with van der Waals surface area (Å²) in [6.07, 6.45) is 4.48. The molecule has 35 heavy (non-hydrogen) atoms. The van der Waals surface area contributed by atoms with Gasteiger partial charge in [0.2, 0.25) is 0 Å². The summed E-state index contributed by atoms with van der Waals surface area (Å²) < 4.78 is 14.3. The van der Waals surface area contributed by atoms with E-state index < -0.39 is 11.7 Å². The molecule has 3 aromatic heterocycles. The van der Waals surface area contributed by atoms with E-state index in [4.69, 9.17) is 20.2 Å². The van der Waals surface area contributed by atoms with Gasteiger partial charge in [-0.3, -0.25) is 14.5 Å². The summed E-state index contributed by atoms with van der Waals surface area (Å²) in [6.45, 7) is 7.85. The van der Waals surface area contributed by atoms with Crippen molar-refractivity contribution >= 4 is 23.1 Å². The average molecular weight is 477 g/mol. The zero-order chi connectivity index (χ0) is 25.3. The number of nitrogens with one attached hydrogen (secondary N) is 1. The third-order valence-electron chi connectivity index (χ3n) is 5.29. The van der Waals surface area contributed by atoms with Gasteiger partial charge in [-0.2, -0.15) is 0 Å². The highest BCUT2D eigenvalue weighted by Gasteiger charge is 2.21. The van der Waals surface area contributed by atoms with Crippen molar-refractivity contribution in [1.82, 2.24) is 18.9 Å². The summed E-state index contributed by atoms with van der Waals surface area (Å²) in [5.74, 6) is 1.27. The van der Waals surface area contributed by atoms with Crippen LogP contribution in [-0.4, -0.2) is 37.7 Å². The van der Waals surface area contributed by atoms with Crippen LogP contribution < -0.4 is 21.3 Å². The molecule has 0 spiro atoms. The van der Waals surface area contributed by atoms with Crippen LogP contribution in [0.4, 0.5) is 16.3 Å². The summed E-state index contributed by atoms with van der Waals surface area (Å²) in [5, 5.41) is 2.71. The minimum absolute atomic E-state index is 0.121. The molecule has 4 rings (SSSR count). The molecule has 182 valence electrons. The first kappa shape index (κ1) is 23.8. The minimum Gasteiger partial charge on any atom is -0.495 e. The third-order valence-corrected chi connectivity index (χ3v) is 5.29. The van der Waals surface area contributed by atoms with Crippen LogP contribution in [0.2, 0.25) is 0 Å². The number of benzene rings is 1. The highest BCUT2D eigenvalue weighted by molar-refractivity contribution is 5.91. The van der Waals surface area contributed by atoms with Crippen LogP contribution in [0.5, 0.6) is 5.75 Å². The van der Waals surface area contributed by atoms with Crippen LogP contribution in [-0.2, 0) is 11.3 Å². The molecule has 3 heterocycles. The van der Waals surface area contributed by atoms with Crippen LogP contribution in [0.1, 0.15) is 27.7 Å². The highest BCUT2D eigenvalue weighted by Crippen LogP contribution is 2.36. The van der Waals surface area contributed by atoms with Crippen molar-refractivity contribution in [3.05, 3.63) is 59.3 Å². The molecular formula is C25H28N6O4. The van der Waals surface area contributed by atoms with Gasteiger partial charge in [0, 0.05) is 42.3 Å². The molecule has 4 aromatic rings. The van der Waals surface area contributed by atoms with Gasteiger partial charge < -0.3 is 19.8 Å². The molecule has 0 aliphatic rings. The summed E-state index contributed by atoms with van der Waals surface area (Å²) in [4.78, 5) is 33.7. The Morgan fingerprint density at radius 3 is 2.57 bits per heavy atom. The largest absolute Gasteiger partial charge is 0.495 e. The number of fused-ring (bicyclic) bond motifs is 1. The second-order valence-electron chi connectivity index (χ2n) is 8.90. The summed E-state index contributed by atoms with van der Waals surface area (Å²) in [7, 11) is 1.51. The molecule has 10 nitrogen and oxygen atoms in total. The lowest BCUT2D eigenvalue weighted by Gasteiger charge is -2.20. The molecule has 0 fully saturated rings. The van der Waals surface area contributed by atoms with E-state index in [-0.39, 0.29) is 11.4 Å². The Hall–Kier alpha value is -4.34. The number of anilines is 2. The molecule has 10 heteroatoms. The van der Waals surface area contributed by atoms with Gasteiger partial charge in [-0.05, 0) is 45.9 Å². The molecule has 0 saturated heterocycles. The lowest BCUT2D eigenvalue weighted by Crippen LogP contribution is -2.27. The highest BCUT2D eigenvalue weighted by atomic mass is 16.6. The Labute approximate surface area is 202 Å². The van der Waals surface area contributed by atoms with Crippen molar-refractivity contribution in [2.45, 2.75) is 39.8 Å². The number of hydrogen-bond donors (Lipinski definition) is 2. The predicted molar refractivity (Wildman–Crippen MR) is 135 cm³/mol. The molecule has 0 aliphatic carbocycles. The van der Waals surface area contributed by atoms with Gasteiger partial charge in [-0.1, -0.05) is 6.07 Å². The van der Waals surface area contributed by atoms with Crippen molar-refractivity contribution in [2.75, 3.05) is 18.2 Å². The lowest BCUT2D eigenvalue weighted by atomic mass is 10.1. The number of hydrogen-bond acceptors (Lipinski definition) is 7. The maximum atomic E-state index is 12.4. The van der Waals surface area contributed by atoms with E-state index in [0.717, 1.165) is 0 Å². The van der Waals surface area contributed by atoms with Crippen LogP contribution in [0, 0.1) is 0 Å². The second kappa shape index (κ2) is 9.13. The number of imidazole rings is 1. The average Bonchev–Trinajstić information content (AvgIpc) is 3.19. The quantitative estimate of drug-likeness (QED) is 0.442. The first-order valence-electron chi connectivity index (χ1n) is 11.1. The minimum atomic E-state index is -0.634. The number of nitrogens with zero attached hydrogens (tertiary/aromatic N) is 4. The van der Waals surface area contributed by atoms with Crippen LogP contribution in [0.3, 0.4) is 0 Å². The first-order valence-corrected chi connectivity index (χ1v) is 11.1. The van der Waals surface area contributed by atoms with Gasteiger partial charge in [0.25, 0.3) is 5.56 Å². The number of carbonyl (C=O) groups is 1. The monoisotopic (exact) mass is 476 g/mol. The zero-order valence-electron chi connectivity index (χ0n) is 20.3. The number of aryl methyl sites for hydroxylation is 1. The normalized spacial score (nSPS) is 11.5. The number of amides is 1. The fourth-order valence-electron chi connectivity index (χ4n) is 3.73. The van der Waals surface area contributed by atoms with E-state index in [2.05, 4.69) is 10.3 Å². The number of ether oxygens (including phenoxy) is 2. The van der Waals surface area contributed by atoms with Gasteiger partial charge in [0.15, 0.2) is 0 Å². The molecule has 1 aromatic carbocycles. The van der Waals surface area contributed by atoms with Gasteiger partial charge >= 0.3 is 6.09 Å². The Morgan fingerprint density at radius 1 is 1.14 bits per heavy atom. The topological polar surface area (TPSA) is 126 Å². The number of nitrogen functional groups attached to an aromatic ring is 1. The number of nitrogens with two attached hydrogens (primary N) is 1. The van der Waals surface area contributed by atoms with Crippen molar-refractivity contribution in [3.8, 4) is 28.4 Å². The SMILES string of the molecule is CCn1ccc(-c2nc(-c3ccc(NC(=O)OC(C)(C)C)c(OC)c3)c3c(N)nccn23)cc1=O. The molecule has 1 amide bonds. The van der Waals surface area contributed by atoms with Crippen molar-refractivity contribution in [2.24, 2.45) is 0 Å². The van der Waals surface area contributed by atoms with Crippen LogP contribution in [0.25, 0.3) is 28.2 Å². The summed E-state index contributed by atoms with van der Waals surface area (Å²) in [5.41, 5.74) is 8.44. The van der Waals surface area contributed by atoms with Gasteiger partial charge in [-0.25, -0.2) is 14.8 Å². The Kier molecular flexibility index (Phi) is 6.21. The van der Waals surface area contributed by atoms with Crippen LogP contribution in [0.15, 0.2) is 53.7 Å². The van der Waals surface area contributed by atoms with Gasteiger partial charge in [-0.15, -0.1) is 0 Å². The smallest absolute Gasteiger partial charge is 0.412 e. The van der Waals surface area contributed by atoms with E-state index >= 15 is 0 Å². The number of carbonyl (C=O) groups excluding carboxylic acids is 1. The fourth-order valence-corrected chi connectivity index (χ4v) is 3.73. The molecule has 0 radical (unpaired) electrons. The maximum absolute atomic E-state index is 12.4. The zero-order valence-corrected chi connectivity index (χ0v) is 20.3. The first-order chi connectivity index (χ1) is 16.6. The van der Waals surface area contributed by atoms with Gasteiger partial charge in [0.1, 0.15) is 34.2 Å². The Balaban J connectivity index is 1.81. The molecule has 0 saturated carbocycles. The molecular weight excluding hydrogens is 448 g/mol. The van der Waals surface area contributed by atoms with Crippen molar-refractivity contribution in [3.63, 3.8) is 0 Å². The van der Waals surface area contributed by atoms with E-state index in [1.54, 1.807) is 68.2 Å².